The molecule has 0 aromatic carbocycles. The smallest absolute Gasteiger partial charge is 0.328 e. The van der Waals surface area contributed by atoms with Crippen LogP contribution in [0.25, 0.3) is 0 Å². The molecule has 0 aliphatic heterocycles. The van der Waals surface area contributed by atoms with Crippen LogP contribution in [0.1, 0.15) is 12.8 Å². The van der Waals surface area contributed by atoms with E-state index in [1.807, 2.05) is 0 Å². The maximum Gasteiger partial charge on any atom is 0.328 e. The molecule has 23 heavy (non-hydrogen) atoms. The lowest BCUT2D eigenvalue weighted by molar-refractivity contribution is -0.140. The van der Waals surface area contributed by atoms with E-state index in [1.165, 1.54) is 7.11 Å². The molecule has 10 nitrogen and oxygen atoms in total. The normalized spacial score (nSPS) is 24.4. The number of aliphatic hydroxyl groups is 3. The molecule has 130 valence electrons. The van der Waals surface area contributed by atoms with Crippen LogP contribution in [0.5, 0.6) is 0 Å². The van der Waals surface area contributed by atoms with Crippen LogP contribution in [-0.2, 0) is 14.3 Å². The van der Waals surface area contributed by atoms with Crippen LogP contribution >= 0.6 is 0 Å². The fourth-order valence-electron chi connectivity index (χ4n) is 2.19. The van der Waals surface area contributed by atoms with Gasteiger partial charge in [-0.05, 0) is 0 Å². The van der Waals surface area contributed by atoms with Crippen LogP contribution in [0, 0.1) is 0 Å². The van der Waals surface area contributed by atoms with Crippen molar-refractivity contribution in [3.8, 4) is 0 Å². The molecule has 0 aromatic rings. The average molecular weight is 332 g/mol. The predicted octanol–water partition coefficient (Wildman–Crippen LogP) is -2.08. The first kappa shape index (κ1) is 18.9. The van der Waals surface area contributed by atoms with Gasteiger partial charge in [0.05, 0.1) is 37.3 Å². The first-order valence-corrected chi connectivity index (χ1v) is 6.72. The van der Waals surface area contributed by atoms with Gasteiger partial charge in [0.15, 0.2) is 5.76 Å². The molecule has 10 heteroatoms. The molecule has 1 aliphatic rings. The van der Waals surface area contributed by atoms with Gasteiger partial charge in [0.2, 0.25) is 0 Å². The second kappa shape index (κ2) is 7.90. The van der Waals surface area contributed by atoms with Gasteiger partial charge in [-0.3, -0.25) is 9.79 Å². The SMILES string of the molecule is COC1=C(N[C@@H](CO)C(=O)O)C[C@@](O)(CO)CC1=NCC(=O)O. The largest absolute Gasteiger partial charge is 0.493 e. The lowest BCUT2D eigenvalue weighted by atomic mass is 9.85. The van der Waals surface area contributed by atoms with Crippen molar-refractivity contribution >= 4 is 17.7 Å². The molecule has 0 saturated carbocycles. The first-order chi connectivity index (χ1) is 10.8. The zero-order valence-electron chi connectivity index (χ0n) is 12.5. The molecule has 0 amide bonds. The molecule has 1 rings (SSSR count). The Bertz CT molecular complexity index is 530. The summed E-state index contributed by atoms with van der Waals surface area (Å²) in [4.78, 5) is 25.5. The number of aliphatic imine (C=N–C) groups is 1. The summed E-state index contributed by atoms with van der Waals surface area (Å²) in [5, 5.41) is 49.0. The van der Waals surface area contributed by atoms with Crippen molar-refractivity contribution in [1.29, 1.82) is 0 Å². The van der Waals surface area contributed by atoms with Crippen molar-refractivity contribution in [3.63, 3.8) is 0 Å². The van der Waals surface area contributed by atoms with Gasteiger partial charge in [-0.15, -0.1) is 0 Å². The fraction of sp³-hybridized carbons (Fsp3) is 0.615. The number of rotatable bonds is 8. The van der Waals surface area contributed by atoms with E-state index in [9.17, 15) is 19.8 Å². The van der Waals surface area contributed by atoms with Crippen LogP contribution in [-0.4, -0.2) is 81.7 Å². The lowest BCUT2D eigenvalue weighted by Crippen LogP contribution is -2.47. The van der Waals surface area contributed by atoms with Gasteiger partial charge in [-0.1, -0.05) is 0 Å². The highest BCUT2D eigenvalue weighted by Gasteiger charge is 2.38. The number of aliphatic carboxylic acids is 2. The Labute approximate surface area is 131 Å². The molecule has 2 atom stereocenters. The number of carboxylic acid groups (broad SMARTS) is 2. The zero-order chi connectivity index (χ0) is 17.6. The van der Waals surface area contributed by atoms with Crippen molar-refractivity contribution in [3.05, 3.63) is 11.5 Å². The molecule has 0 bridgehead atoms. The van der Waals surface area contributed by atoms with Crippen molar-refractivity contribution in [2.24, 2.45) is 4.99 Å². The minimum Gasteiger partial charge on any atom is -0.493 e. The van der Waals surface area contributed by atoms with Gasteiger partial charge < -0.3 is 35.6 Å². The molecule has 0 fully saturated rings. The van der Waals surface area contributed by atoms with Gasteiger partial charge in [-0.2, -0.15) is 0 Å². The molecule has 0 spiro atoms. The Balaban J connectivity index is 3.24. The number of hydrogen-bond acceptors (Lipinski definition) is 8. The Morgan fingerprint density at radius 2 is 2.00 bits per heavy atom. The topological polar surface area (TPSA) is 169 Å². The maximum atomic E-state index is 11.0. The second-order valence-electron chi connectivity index (χ2n) is 5.12. The molecule has 0 saturated heterocycles. The number of nitrogens with zero attached hydrogens (tertiary/aromatic N) is 1. The molecule has 6 N–H and O–H groups in total. The van der Waals surface area contributed by atoms with E-state index in [0.717, 1.165) is 0 Å². The summed E-state index contributed by atoms with van der Waals surface area (Å²) in [5.41, 5.74) is -1.44. The van der Waals surface area contributed by atoms with E-state index in [0.29, 0.717) is 0 Å². The molecule has 1 aliphatic carbocycles. The Kier molecular flexibility index (Phi) is 6.49. The Hall–Kier alpha value is -2.17. The number of nitrogens with one attached hydrogen (secondary N) is 1. The van der Waals surface area contributed by atoms with Gasteiger partial charge in [0.1, 0.15) is 12.6 Å². The first-order valence-electron chi connectivity index (χ1n) is 6.72. The van der Waals surface area contributed by atoms with Gasteiger partial charge in [0, 0.05) is 12.8 Å². The van der Waals surface area contributed by atoms with E-state index in [4.69, 9.17) is 20.1 Å². The molecule has 0 aromatic heterocycles. The third kappa shape index (κ3) is 4.91. The summed E-state index contributed by atoms with van der Waals surface area (Å²) in [5.74, 6) is -2.43. The summed E-state index contributed by atoms with van der Waals surface area (Å²) < 4.78 is 5.14. The van der Waals surface area contributed by atoms with E-state index in [2.05, 4.69) is 10.3 Å². The molecule has 0 radical (unpaired) electrons. The third-order valence-electron chi connectivity index (χ3n) is 3.27. The lowest BCUT2D eigenvalue weighted by Gasteiger charge is -2.34. The summed E-state index contributed by atoms with van der Waals surface area (Å²) in [6.45, 7) is -1.92. The summed E-state index contributed by atoms with van der Waals surface area (Å²) in [6.07, 6.45) is -0.315. The zero-order valence-corrected chi connectivity index (χ0v) is 12.5. The number of ether oxygens (including phenoxy) is 1. The van der Waals surface area contributed by atoms with E-state index < -0.39 is 43.3 Å². The number of aliphatic hydroxyl groups excluding tert-OH is 2. The predicted molar refractivity (Wildman–Crippen MR) is 76.9 cm³/mol. The van der Waals surface area contributed by atoms with Crippen LogP contribution in [0.3, 0.4) is 0 Å². The highest BCUT2D eigenvalue weighted by Crippen LogP contribution is 2.30. The molecular formula is C13H20N2O8. The standard InChI is InChI=1S/C13H20N2O8/c1-23-11-7(14-4-10(18)19)2-13(22,6-17)3-8(11)15-9(5-16)12(20)21/h9,15-17,22H,2-6H2,1H3,(H,18,19)(H,20,21)/t9-,13+/m0/s1. The summed E-state index contributed by atoms with van der Waals surface area (Å²) >= 11 is 0. The van der Waals surface area contributed by atoms with E-state index >= 15 is 0 Å². The van der Waals surface area contributed by atoms with Crippen molar-refractivity contribution < 1.29 is 39.9 Å². The number of allylic oxidation sites excluding steroid dienone is 1. The van der Waals surface area contributed by atoms with Crippen molar-refractivity contribution in [2.75, 3.05) is 26.9 Å². The molecule has 0 heterocycles. The van der Waals surface area contributed by atoms with Crippen molar-refractivity contribution in [1.82, 2.24) is 5.32 Å². The Morgan fingerprint density at radius 1 is 1.35 bits per heavy atom. The minimum atomic E-state index is -1.64. The van der Waals surface area contributed by atoms with Crippen molar-refractivity contribution in [2.45, 2.75) is 24.5 Å². The van der Waals surface area contributed by atoms with Crippen LogP contribution in [0.4, 0.5) is 0 Å². The monoisotopic (exact) mass is 332 g/mol. The number of hydrogen-bond donors (Lipinski definition) is 6. The van der Waals surface area contributed by atoms with E-state index in [1.54, 1.807) is 0 Å². The van der Waals surface area contributed by atoms with Gasteiger partial charge >= 0.3 is 11.9 Å². The van der Waals surface area contributed by atoms with Crippen LogP contribution < -0.4 is 5.32 Å². The second-order valence-corrected chi connectivity index (χ2v) is 5.12. The fourth-order valence-corrected chi connectivity index (χ4v) is 2.19. The highest BCUT2D eigenvalue weighted by molar-refractivity contribution is 6.01. The van der Waals surface area contributed by atoms with E-state index in [-0.39, 0.29) is 30.0 Å². The number of carboxylic acids is 2. The van der Waals surface area contributed by atoms with Gasteiger partial charge in [-0.25, -0.2) is 4.79 Å². The highest BCUT2D eigenvalue weighted by atomic mass is 16.5. The quantitative estimate of drug-likeness (QED) is 0.292. The Morgan fingerprint density at radius 3 is 2.43 bits per heavy atom. The minimum absolute atomic E-state index is 0.0854. The molecular weight excluding hydrogens is 312 g/mol. The van der Waals surface area contributed by atoms with Crippen LogP contribution in [0.15, 0.2) is 16.4 Å². The number of carbonyl (C=O) groups is 2. The molecule has 0 unspecified atom stereocenters. The third-order valence-corrected chi connectivity index (χ3v) is 3.27. The maximum absolute atomic E-state index is 11.0. The summed E-state index contributed by atoms with van der Waals surface area (Å²) in [7, 11) is 1.28. The average Bonchev–Trinajstić information content (AvgIpc) is 2.49. The summed E-state index contributed by atoms with van der Waals surface area (Å²) in [6, 6.07) is -1.35. The van der Waals surface area contributed by atoms with Gasteiger partial charge in [0.25, 0.3) is 0 Å². The number of methoxy groups -OCH3 is 1. The van der Waals surface area contributed by atoms with Crippen LogP contribution in [0.2, 0.25) is 0 Å².